The molecule has 2 heterocycles. The lowest BCUT2D eigenvalue weighted by Gasteiger charge is -2.35. The molecule has 0 amide bonds. The van der Waals surface area contributed by atoms with Gasteiger partial charge in [0, 0.05) is 37.7 Å². The predicted molar refractivity (Wildman–Crippen MR) is 63.5 cm³/mol. The maximum atomic E-state index is 8.85. The van der Waals surface area contributed by atoms with Crippen molar-refractivity contribution in [1.29, 1.82) is 5.26 Å². The Bertz CT molecular complexity index is 388. The second-order valence-electron chi connectivity index (χ2n) is 3.95. The van der Waals surface area contributed by atoms with Gasteiger partial charge in [0.25, 0.3) is 0 Å². The van der Waals surface area contributed by atoms with E-state index in [9.17, 15) is 0 Å². The van der Waals surface area contributed by atoms with E-state index in [0.717, 1.165) is 37.1 Å². The van der Waals surface area contributed by atoms with Crippen LogP contribution in [-0.2, 0) is 0 Å². The van der Waals surface area contributed by atoms with Crippen molar-refractivity contribution in [3.05, 3.63) is 5.82 Å². The van der Waals surface area contributed by atoms with Gasteiger partial charge in [-0.25, -0.2) is 4.98 Å². The van der Waals surface area contributed by atoms with E-state index in [1.165, 1.54) is 11.5 Å². The van der Waals surface area contributed by atoms with Gasteiger partial charge in [-0.2, -0.15) is 9.64 Å². The van der Waals surface area contributed by atoms with Gasteiger partial charge < -0.3 is 4.90 Å². The van der Waals surface area contributed by atoms with Crippen molar-refractivity contribution in [2.45, 2.75) is 19.9 Å². The molecule has 1 saturated heterocycles. The Balaban J connectivity index is 1.93. The molecule has 1 atom stereocenters. The number of nitrogens with zero attached hydrogens (tertiary/aromatic N) is 5. The SMILES string of the molecule is Cc1nsc(N2CCN(C(C)C#N)CC2)n1. The Morgan fingerprint density at radius 2 is 2.06 bits per heavy atom. The van der Waals surface area contributed by atoms with Gasteiger partial charge in [0.2, 0.25) is 5.13 Å². The summed E-state index contributed by atoms with van der Waals surface area (Å²) in [6.07, 6.45) is 0. The Labute approximate surface area is 99.5 Å². The minimum Gasteiger partial charge on any atom is -0.344 e. The number of hydrogen-bond donors (Lipinski definition) is 0. The third-order valence-electron chi connectivity index (χ3n) is 2.84. The highest BCUT2D eigenvalue weighted by molar-refractivity contribution is 7.09. The van der Waals surface area contributed by atoms with Crippen LogP contribution < -0.4 is 4.90 Å². The Kier molecular flexibility index (Phi) is 3.36. The van der Waals surface area contributed by atoms with Gasteiger partial charge in [-0.1, -0.05) is 0 Å². The maximum absolute atomic E-state index is 8.85. The fourth-order valence-corrected chi connectivity index (χ4v) is 2.52. The van der Waals surface area contributed by atoms with Crippen molar-refractivity contribution in [1.82, 2.24) is 14.3 Å². The first kappa shape index (κ1) is 11.3. The molecule has 1 aliphatic heterocycles. The molecule has 0 aliphatic carbocycles. The summed E-state index contributed by atoms with van der Waals surface area (Å²) in [5.74, 6) is 0.841. The first-order chi connectivity index (χ1) is 7.70. The Morgan fingerprint density at radius 1 is 1.38 bits per heavy atom. The van der Waals surface area contributed by atoms with Crippen LogP contribution >= 0.6 is 11.5 Å². The predicted octanol–water partition coefficient (Wildman–Crippen LogP) is 0.881. The number of anilines is 1. The van der Waals surface area contributed by atoms with Gasteiger partial charge in [-0.3, -0.25) is 4.90 Å². The molecule has 6 heteroatoms. The third-order valence-corrected chi connectivity index (χ3v) is 3.70. The van der Waals surface area contributed by atoms with Crippen LogP contribution in [0.15, 0.2) is 0 Å². The third kappa shape index (κ3) is 2.31. The van der Waals surface area contributed by atoms with E-state index >= 15 is 0 Å². The summed E-state index contributed by atoms with van der Waals surface area (Å²) in [4.78, 5) is 8.81. The first-order valence-electron chi connectivity index (χ1n) is 5.39. The molecule has 1 aliphatic rings. The average Bonchev–Trinajstić information content (AvgIpc) is 2.75. The summed E-state index contributed by atoms with van der Waals surface area (Å²) >= 11 is 1.45. The molecular weight excluding hydrogens is 222 g/mol. The summed E-state index contributed by atoms with van der Waals surface area (Å²) in [5, 5.41) is 9.85. The zero-order valence-electron chi connectivity index (χ0n) is 9.55. The smallest absolute Gasteiger partial charge is 0.205 e. The molecular formula is C10H15N5S. The highest BCUT2D eigenvalue weighted by Crippen LogP contribution is 2.19. The number of piperazine rings is 1. The molecule has 1 aromatic rings. The van der Waals surface area contributed by atoms with Gasteiger partial charge in [-0.05, 0) is 13.8 Å². The van der Waals surface area contributed by atoms with Crippen molar-refractivity contribution >= 4 is 16.7 Å². The second kappa shape index (κ2) is 4.76. The van der Waals surface area contributed by atoms with E-state index < -0.39 is 0 Å². The van der Waals surface area contributed by atoms with Gasteiger partial charge >= 0.3 is 0 Å². The number of aryl methyl sites for hydroxylation is 1. The number of aromatic nitrogens is 2. The van der Waals surface area contributed by atoms with E-state index in [-0.39, 0.29) is 6.04 Å². The van der Waals surface area contributed by atoms with E-state index in [1.54, 1.807) is 0 Å². The molecule has 1 fully saturated rings. The molecule has 86 valence electrons. The Morgan fingerprint density at radius 3 is 2.56 bits per heavy atom. The van der Waals surface area contributed by atoms with Crippen molar-refractivity contribution in [2.75, 3.05) is 31.1 Å². The summed E-state index contributed by atoms with van der Waals surface area (Å²) in [6, 6.07) is 2.29. The minimum atomic E-state index is 0.0123. The standard InChI is InChI=1S/C10H15N5S/c1-8(7-11)14-3-5-15(6-4-14)10-12-9(2)13-16-10/h8H,3-6H2,1-2H3. The van der Waals surface area contributed by atoms with Crippen LogP contribution in [-0.4, -0.2) is 46.5 Å². The van der Waals surface area contributed by atoms with E-state index in [0.29, 0.717) is 0 Å². The van der Waals surface area contributed by atoms with Crippen LogP contribution in [0, 0.1) is 18.3 Å². The fourth-order valence-electron chi connectivity index (χ4n) is 1.80. The van der Waals surface area contributed by atoms with Gasteiger partial charge in [-0.15, -0.1) is 0 Å². The van der Waals surface area contributed by atoms with Crippen LogP contribution in [0.1, 0.15) is 12.7 Å². The molecule has 1 aromatic heterocycles. The molecule has 0 saturated carbocycles. The lowest BCUT2D eigenvalue weighted by Crippen LogP contribution is -2.49. The molecule has 5 nitrogen and oxygen atoms in total. The van der Waals surface area contributed by atoms with Crippen LogP contribution in [0.5, 0.6) is 0 Å². The van der Waals surface area contributed by atoms with Crippen molar-refractivity contribution in [3.63, 3.8) is 0 Å². The van der Waals surface area contributed by atoms with Crippen LogP contribution in [0.4, 0.5) is 5.13 Å². The quantitative estimate of drug-likeness (QED) is 0.764. The normalized spacial score (nSPS) is 19.4. The van der Waals surface area contributed by atoms with Gasteiger partial charge in [0.1, 0.15) is 5.82 Å². The lowest BCUT2D eigenvalue weighted by molar-refractivity contribution is 0.231. The van der Waals surface area contributed by atoms with E-state index in [2.05, 4.69) is 25.2 Å². The van der Waals surface area contributed by atoms with Crippen LogP contribution in [0.3, 0.4) is 0 Å². The minimum absolute atomic E-state index is 0.0123. The largest absolute Gasteiger partial charge is 0.344 e. The molecule has 1 unspecified atom stereocenters. The highest BCUT2D eigenvalue weighted by Gasteiger charge is 2.22. The van der Waals surface area contributed by atoms with Crippen LogP contribution in [0.25, 0.3) is 0 Å². The Hall–Kier alpha value is -1.19. The summed E-state index contributed by atoms with van der Waals surface area (Å²) in [7, 11) is 0. The molecule has 0 radical (unpaired) electrons. The maximum Gasteiger partial charge on any atom is 0.205 e. The molecule has 0 spiro atoms. The number of rotatable bonds is 2. The molecule has 0 aromatic carbocycles. The molecule has 16 heavy (non-hydrogen) atoms. The lowest BCUT2D eigenvalue weighted by atomic mass is 10.2. The highest BCUT2D eigenvalue weighted by atomic mass is 32.1. The number of nitriles is 1. The average molecular weight is 237 g/mol. The number of hydrogen-bond acceptors (Lipinski definition) is 6. The van der Waals surface area contributed by atoms with E-state index in [4.69, 9.17) is 5.26 Å². The van der Waals surface area contributed by atoms with Gasteiger partial charge in [0.15, 0.2) is 0 Å². The molecule has 2 rings (SSSR count). The second-order valence-corrected chi connectivity index (χ2v) is 4.68. The first-order valence-corrected chi connectivity index (χ1v) is 6.17. The monoisotopic (exact) mass is 237 g/mol. The molecule has 0 bridgehead atoms. The van der Waals surface area contributed by atoms with Crippen LogP contribution in [0.2, 0.25) is 0 Å². The fraction of sp³-hybridized carbons (Fsp3) is 0.700. The zero-order valence-corrected chi connectivity index (χ0v) is 10.4. The topological polar surface area (TPSA) is 56.1 Å². The summed E-state index contributed by atoms with van der Waals surface area (Å²) in [6.45, 7) is 7.57. The van der Waals surface area contributed by atoms with Crippen molar-refractivity contribution < 1.29 is 0 Å². The molecule has 0 N–H and O–H groups in total. The van der Waals surface area contributed by atoms with E-state index in [1.807, 2.05) is 13.8 Å². The van der Waals surface area contributed by atoms with Crippen molar-refractivity contribution in [2.24, 2.45) is 0 Å². The summed E-state index contributed by atoms with van der Waals surface area (Å²) in [5.41, 5.74) is 0. The summed E-state index contributed by atoms with van der Waals surface area (Å²) < 4.78 is 4.19. The van der Waals surface area contributed by atoms with Crippen molar-refractivity contribution in [3.8, 4) is 6.07 Å². The zero-order chi connectivity index (χ0) is 11.5. The van der Waals surface area contributed by atoms with Gasteiger partial charge in [0.05, 0.1) is 12.1 Å².